The molecule has 1 aliphatic heterocycles. The number of fused-ring (bicyclic) bond motifs is 5. The van der Waals surface area contributed by atoms with Gasteiger partial charge in [0.15, 0.2) is 11.9 Å². The predicted octanol–water partition coefficient (Wildman–Crippen LogP) is 0.526. The smallest absolute Gasteiger partial charge is 0.336 e. The topological polar surface area (TPSA) is 193 Å². The SMILES string of the molecule is CC(=O)O[C@H]1[C@@H]2[C@]3(O)CO[C@@H]3C[C@H](O)[C@@]2(C)C(=O)[C@H](O)C2=C(C)C(OC(=O)[C@H](O)[C@@H](C)c3ccco3)C[C@]1(O)C2(C)C. The molecule has 1 aromatic heterocycles. The van der Waals surface area contributed by atoms with Gasteiger partial charge < -0.3 is 44.2 Å². The van der Waals surface area contributed by atoms with Crippen molar-refractivity contribution in [2.24, 2.45) is 16.7 Å². The second-order valence-corrected chi connectivity index (χ2v) is 13.1. The second kappa shape index (κ2) is 9.96. The molecule has 0 amide bonds. The number of ether oxygens (including phenoxy) is 3. The normalized spacial score (nSPS) is 42.2. The number of ketones is 1. The zero-order chi connectivity index (χ0) is 31.2. The van der Waals surface area contributed by atoms with Crippen LogP contribution in [-0.2, 0) is 28.6 Å². The van der Waals surface area contributed by atoms with Crippen molar-refractivity contribution in [1.29, 1.82) is 0 Å². The van der Waals surface area contributed by atoms with Crippen LogP contribution in [0, 0.1) is 16.7 Å². The summed E-state index contributed by atoms with van der Waals surface area (Å²) in [7, 11) is 0. The van der Waals surface area contributed by atoms with Gasteiger partial charge in [0, 0.05) is 31.1 Å². The van der Waals surface area contributed by atoms with E-state index in [1.54, 1.807) is 39.8 Å². The molecule has 2 bridgehead atoms. The number of Topliss-reactive ketones (excluding diaryl/α,β-unsaturated/α-hetero) is 1. The Hall–Kier alpha value is -2.61. The minimum absolute atomic E-state index is 0.0376. The number of aliphatic hydroxyl groups excluding tert-OH is 3. The van der Waals surface area contributed by atoms with Gasteiger partial charge in [-0.2, -0.15) is 0 Å². The van der Waals surface area contributed by atoms with Gasteiger partial charge in [-0.3, -0.25) is 9.59 Å². The van der Waals surface area contributed by atoms with Crippen LogP contribution in [0.3, 0.4) is 0 Å². The van der Waals surface area contributed by atoms with Crippen LogP contribution in [0.15, 0.2) is 34.0 Å². The first-order valence-corrected chi connectivity index (χ1v) is 14.2. The number of esters is 2. The Balaban J connectivity index is 1.65. The summed E-state index contributed by atoms with van der Waals surface area (Å²) in [5.41, 5.74) is -6.94. The fourth-order valence-corrected chi connectivity index (χ4v) is 7.92. The van der Waals surface area contributed by atoms with Crippen LogP contribution in [0.4, 0.5) is 0 Å². The van der Waals surface area contributed by atoms with Crippen molar-refractivity contribution >= 4 is 17.7 Å². The van der Waals surface area contributed by atoms with Crippen molar-refractivity contribution in [3.63, 3.8) is 0 Å². The van der Waals surface area contributed by atoms with E-state index in [-0.39, 0.29) is 30.6 Å². The maximum atomic E-state index is 14.2. The fraction of sp³-hybridized carbons (Fsp3) is 0.700. The van der Waals surface area contributed by atoms with E-state index >= 15 is 0 Å². The third-order valence-corrected chi connectivity index (χ3v) is 10.6. The van der Waals surface area contributed by atoms with Gasteiger partial charge in [-0.25, -0.2) is 4.79 Å². The first kappa shape index (κ1) is 30.8. The van der Waals surface area contributed by atoms with Crippen molar-refractivity contribution in [2.75, 3.05) is 6.61 Å². The van der Waals surface area contributed by atoms with E-state index in [1.807, 2.05) is 0 Å². The number of carbonyl (C=O) groups excluding carboxylic acids is 3. The van der Waals surface area contributed by atoms with Gasteiger partial charge in [-0.05, 0) is 37.1 Å². The predicted molar refractivity (Wildman–Crippen MR) is 143 cm³/mol. The molecule has 2 heterocycles. The highest BCUT2D eigenvalue weighted by atomic mass is 16.6. The summed E-state index contributed by atoms with van der Waals surface area (Å²) < 4.78 is 22.3. The number of hydrogen-bond donors (Lipinski definition) is 5. The number of furan rings is 1. The average Bonchev–Trinajstić information content (AvgIpc) is 3.45. The Bertz CT molecular complexity index is 1300. The molecular formula is C30H40O12. The summed E-state index contributed by atoms with van der Waals surface area (Å²) in [6.07, 6.45) is -7.78. The molecule has 3 fully saturated rings. The molecule has 0 spiro atoms. The molecule has 11 atom stereocenters. The van der Waals surface area contributed by atoms with Gasteiger partial charge in [0.05, 0.1) is 36.4 Å². The van der Waals surface area contributed by atoms with E-state index in [9.17, 15) is 39.9 Å². The standard InChI is InChI=1S/C30H40O12/c1-13-17(42-26(36)21(33)14(2)16-8-7-9-39-16)11-30(38)25(41-15(3)31)23-28(6,18(32)10-19-29(23,37)12-40-19)24(35)22(34)20(13)27(30,4)5/h7-9,14,17-19,21-23,25,32-34,37-38H,10-12H2,1-6H3/t14-,17?,18-,19+,21+,22+,23-,25-,28+,29-,30+/m0/s1. The first-order valence-electron chi connectivity index (χ1n) is 14.2. The maximum Gasteiger partial charge on any atom is 0.336 e. The Labute approximate surface area is 243 Å². The van der Waals surface area contributed by atoms with E-state index < -0.39 is 88.2 Å². The van der Waals surface area contributed by atoms with Gasteiger partial charge in [-0.15, -0.1) is 0 Å². The maximum absolute atomic E-state index is 14.2. The molecule has 0 aromatic carbocycles. The third kappa shape index (κ3) is 4.06. The summed E-state index contributed by atoms with van der Waals surface area (Å²) in [6, 6.07) is 3.21. The zero-order valence-corrected chi connectivity index (χ0v) is 24.6. The molecule has 3 aliphatic carbocycles. The molecule has 232 valence electrons. The van der Waals surface area contributed by atoms with Crippen LogP contribution in [0.2, 0.25) is 0 Å². The van der Waals surface area contributed by atoms with E-state index in [0.29, 0.717) is 5.76 Å². The number of rotatable bonds is 5. The summed E-state index contributed by atoms with van der Waals surface area (Å²) in [5, 5.41) is 58.3. The number of carbonyl (C=O) groups is 3. The van der Waals surface area contributed by atoms with Crippen LogP contribution >= 0.6 is 0 Å². The van der Waals surface area contributed by atoms with E-state index in [0.717, 1.165) is 6.92 Å². The van der Waals surface area contributed by atoms with Crippen LogP contribution in [0.25, 0.3) is 0 Å². The summed E-state index contributed by atoms with van der Waals surface area (Å²) >= 11 is 0. The lowest BCUT2D eigenvalue weighted by molar-refractivity contribution is -0.345. The Kier molecular flexibility index (Phi) is 7.32. The fourth-order valence-electron chi connectivity index (χ4n) is 7.92. The third-order valence-electron chi connectivity index (χ3n) is 10.6. The van der Waals surface area contributed by atoms with Crippen molar-refractivity contribution in [1.82, 2.24) is 0 Å². The minimum Gasteiger partial charge on any atom is -0.469 e. The molecule has 12 nitrogen and oxygen atoms in total. The second-order valence-electron chi connectivity index (χ2n) is 13.1. The van der Waals surface area contributed by atoms with Crippen LogP contribution in [-0.4, -0.2) is 97.7 Å². The lowest BCUT2D eigenvalue weighted by Gasteiger charge is -2.66. The summed E-state index contributed by atoms with van der Waals surface area (Å²) in [4.78, 5) is 40.0. The molecule has 1 unspecified atom stereocenters. The largest absolute Gasteiger partial charge is 0.469 e. The Morgan fingerprint density at radius 1 is 1.14 bits per heavy atom. The molecule has 2 saturated carbocycles. The molecule has 1 saturated heterocycles. The summed E-state index contributed by atoms with van der Waals surface area (Å²) in [6.45, 7) is 8.54. The van der Waals surface area contributed by atoms with Gasteiger partial charge in [0.1, 0.15) is 35.3 Å². The van der Waals surface area contributed by atoms with E-state index in [4.69, 9.17) is 18.6 Å². The van der Waals surface area contributed by atoms with Crippen LogP contribution < -0.4 is 0 Å². The molecule has 5 N–H and O–H groups in total. The zero-order valence-electron chi connectivity index (χ0n) is 24.6. The molecule has 5 rings (SSSR count). The minimum atomic E-state index is -2.14. The van der Waals surface area contributed by atoms with Crippen molar-refractivity contribution in [3.05, 3.63) is 35.3 Å². The van der Waals surface area contributed by atoms with Crippen molar-refractivity contribution in [2.45, 2.75) is 108 Å². The Morgan fingerprint density at radius 2 is 1.81 bits per heavy atom. The van der Waals surface area contributed by atoms with Crippen molar-refractivity contribution < 1.29 is 58.5 Å². The highest BCUT2D eigenvalue weighted by Gasteiger charge is 2.76. The quantitative estimate of drug-likeness (QED) is 0.236. The number of hydrogen-bond acceptors (Lipinski definition) is 12. The Morgan fingerprint density at radius 3 is 2.36 bits per heavy atom. The molecule has 1 aromatic rings. The molecular weight excluding hydrogens is 552 g/mol. The highest BCUT2D eigenvalue weighted by Crippen LogP contribution is 2.63. The van der Waals surface area contributed by atoms with Gasteiger partial charge in [-0.1, -0.05) is 20.8 Å². The first-order chi connectivity index (χ1) is 19.4. The van der Waals surface area contributed by atoms with Gasteiger partial charge in [0.25, 0.3) is 0 Å². The van der Waals surface area contributed by atoms with Gasteiger partial charge in [0.2, 0.25) is 0 Å². The van der Waals surface area contributed by atoms with E-state index in [2.05, 4.69) is 0 Å². The molecule has 12 heteroatoms. The lowest BCUT2D eigenvalue weighted by atomic mass is 9.45. The molecule has 0 radical (unpaired) electrons. The number of aliphatic hydroxyl groups is 5. The van der Waals surface area contributed by atoms with E-state index in [1.165, 1.54) is 13.2 Å². The lowest BCUT2D eigenvalue weighted by Crippen LogP contribution is -2.81. The van der Waals surface area contributed by atoms with Crippen molar-refractivity contribution in [3.8, 4) is 0 Å². The molecule has 4 aliphatic rings. The van der Waals surface area contributed by atoms with Crippen LogP contribution in [0.5, 0.6) is 0 Å². The average molecular weight is 593 g/mol. The monoisotopic (exact) mass is 592 g/mol. The van der Waals surface area contributed by atoms with Crippen LogP contribution in [0.1, 0.15) is 66.1 Å². The molecule has 42 heavy (non-hydrogen) atoms. The highest BCUT2D eigenvalue weighted by molar-refractivity contribution is 5.93. The van der Waals surface area contributed by atoms with Gasteiger partial charge >= 0.3 is 11.9 Å². The summed E-state index contributed by atoms with van der Waals surface area (Å²) in [5.74, 6) is -4.51.